The lowest BCUT2D eigenvalue weighted by Gasteiger charge is -2.12. The van der Waals surface area contributed by atoms with Crippen molar-refractivity contribution in [1.82, 2.24) is 5.32 Å². The molecule has 0 saturated heterocycles. The standard InChI is InChI=1S/C10H12F2N2/c1-7(14-5-4-13)9-3-2-8(11)6-10(9)12/h2-7,14H,13H2,1H3/b5-4-. The minimum atomic E-state index is -0.576. The fourth-order valence-electron chi connectivity index (χ4n) is 1.14. The van der Waals surface area contributed by atoms with E-state index in [1.807, 2.05) is 0 Å². The molecular weight excluding hydrogens is 186 g/mol. The van der Waals surface area contributed by atoms with Crippen molar-refractivity contribution in [3.8, 4) is 0 Å². The van der Waals surface area contributed by atoms with Gasteiger partial charge < -0.3 is 11.1 Å². The van der Waals surface area contributed by atoms with Gasteiger partial charge in [0, 0.05) is 24.0 Å². The molecule has 0 spiro atoms. The molecule has 76 valence electrons. The van der Waals surface area contributed by atoms with Gasteiger partial charge in [-0.25, -0.2) is 8.78 Å². The number of halogens is 2. The van der Waals surface area contributed by atoms with Gasteiger partial charge in [-0.2, -0.15) is 0 Å². The van der Waals surface area contributed by atoms with Crippen molar-refractivity contribution in [3.05, 3.63) is 47.8 Å². The van der Waals surface area contributed by atoms with Crippen molar-refractivity contribution in [2.24, 2.45) is 5.73 Å². The first kappa shape index (κ1) is 10.5. The third-order valence-corrected chi connectivity index (χ3v) is 1.87. The topological polar surface area (TPSA) is 38.0 Å². The van der Waals surface area contributed by atoms with E-state index in [1.54, 1.807) is 6.92 Å². The van der Waals surface area contributed by atoms with Gasteiger partial charge in [-0.05, 0) is 13.0 Å². The highest BCUT2D eigenvalue weighted by atomic mass is 19.1. The molecule has 0 heterocycles. The molecule has 0 fully saturated rings. The molecule has 0 radical (unpaired) electrons. The monoisotopic (exact) mass is 198 g/mol. The number of nitrogens with two attached hydrogens (primary N) is 1. The summed E-state index contributed by atoms with van der Waals surface area (Å²) in [5.74, 6) is -1.14. The molecule has 0 bridgehead atoms. The molecule has 1 atom stereocenters. The van der Waals surface area contributed by atoms with E-state index in [0.717, 1.165) is 6.07 Å². The van der Waals surface area contributed by atoms with Crippen LogP contribution in [0.1, 0.15) is 18.5 Å². The summed E-state index contributed by atoms with van der Waals surface area (Å²) in [6.07, 6.45) is 2.82. The average molecular weight is 198 g/mol. The average Bonchev–Trinajstić information content (AvgIpc) is 2.14. The van der Waals surface area contributed by atoms with Crippen LogP contribution in [0.4, 0.5) is 8.78 Å². The van der Waals surface area contributed by atoms with Gasteiger partial charge >= 0.3 is 0 Å². The van der Waals surface area contributed by atoms with Crippen molar-refractivity contribution in [3.63, 3.8) is 0 Å². The fraction of sp³-hybridized carbons (Fsp3) is 0.200. The predicted molar refractivity (Wildman–Crippen MR) is 51.2 cm³/mol. The maximum Gasteiger partial charge on any atom is 0.131 e. The van der Waals surface area contributed by atoms with Crippen LogP contribution in [-0.2, 0) is 0 Å². The predicted octanol–water partition coefficient (Wildman–Crippen LogP) is 2.05. The lowest BCUT2D eigenvalue weighted by atomic mass is 10.1. The van der Waals surface area contributed by atoms with Crippen LogP contribution in [0.5, 0.6) is 0 Å². The molecule has 0 aliphatic carbocycles. The number of rotatable bonds is 3. The van der Waals surface area contributed by atoms with Crippen molar-refractivity contribution >= 4 is 0 Å². The second kappa shape index (κ2) is 4.60. The minimum Gasteiger partial charge on any atom is -0.403 e. The van der Waals surface area contributed by atoms with Crippen LogP contribution in [0.3, 0.4) is 0 Å². The highest BCUT2D eigenvalue weighted by Gasteiger charge is 2.09. The Labute approximate surface area is 81.4 Å². The summed E-state index contributed by atoms with van der Waals surface area (Å²) in [4.78, 5) is 0. The van der Waals surface area contributed by atoms with Crippen LogP contribution in [0.2, 0.25) is 0 Å². The Morgan fingerprint density at radius 2 is 2.14 bits per heavy atom. The van der Waals surface area contributed by atoms with E-state index in [2.05, 4.69) is 5.32 Å². The van der Waals surface area contributed by atoms with Crippen LogP contribution < -0.4 is 11.1 Å². The van der Waals surface area contributed by atoms with E-state index in [0.29, 0.717) is 5.56 Å². The maximum absolute atomic E-state index is 13.2. The zero-order valence-electron chi connectivity index (χ0n) is 7.80. The molecular formula is C10H12F2N2. The minimum absolute atomic E-state index is 0.240. The summed E-state index contributed by atoms with van der Waals surface area (Å²) in [5.41, 5.74) is 5.53. The molecule has 1 aromatic carbocycles. The van der Waals surface area contributed by atoms with Crippen LogP contribution in [-0.4, -0.2) is 0 Å². The Hall–Kier alpha value is -1.58. The van der Waals surface area contributed by atoms with E-state index < -0.39 is 11.6 Å². The molecule has 1 rings (SSSR count). The zero-order valence-corrected chi connectivity index (χ0v) is 7.80. The molecule has 0 amide bonds. The van der Waals surface area contributed by atoms with Gasteiger partial charge in [0.1, 0.15) is 11.6 Å². The number of benzene rings is 1. The molecule has 1 aromatic rings. The zero-order chi connectivity index (χ0) is 10.6. The van der Waals surface area contributed by atoms with Gasteiger partial charge in [0.05, 0.1) is 6.04 Å². The van der Waals surface area contributed by atoms with Crippen LogP contribution in [0.15, 0.2) is 30.6 Å². The van der Waals surface area contributed by atoms with Crippen LogP contribution in [0.25, 0.3) is 0 Å². The van der Waals surface area contributed by atoms with Gasteiger partial charge in [0.15, 0.2) is 0 Å². The lowest BCUT2D eigenvalue weighted by Crippen LogP contribution is -2.13. The summed E-state index contributed by atoms with van der Waals surface area (Å²) in [7, 11) is 0. The first-order valence-electron chi connectivity index (χ1n) is 4.23. The third-order valence-electron chi connectivity index (χ3n) is 1.87. The second-order valence-electron chi connectivity index (χ2n) is 2.91. The Kier molecular flexibility index (Phi) is 3.45. The van der Waals surface area contributed by atoms with Gasteiger partial charge in [0.25, 0.3) is 0 Å². The first-order chi connectivity index (χ1) is 6.65. The number of nitrogens with one attached hydrogen (secondary N) is 1. The van der Waals surface area contributed by atoms with Crippen molar-refractivity contribution in [2.75, 3.05) is 0 Å². The molecule has 3 N–H and O–H groups in total. The second-order valence-corrected chi connectivity index (χ2v) is 2.91. The van der Waals surface area contributed by atoms with E-state index >= 15 is 0 Å². The molecule has 1 unspecified atom stereocenters. The van der Waals surface area contributed by atoms with Crippen molar-refractivity contribution in [1.29, 1.82) is 0 Å². The Bertz CT molecular complexity index is 337. The molecule has 0 aromatic heterocycles. The van der Waals surface area contributed by atoms with Crippen molar-refractivity contribution < 1.29 is 8.78 Å². The largest absolute Gasteiger partial charge is 0.403 e. The molecule has 2 nitrogen and oxygen atoms in total. The van der Waals surface area contributed by atoms with Crippen LogP contribution in [0, 0.1) is 11.6 Å². The van der Waals surface area contributed by atoms with E-state index in [1.165, 1.54) is 24.5 Å². The lowest BCUT2D eigenvalue weighted by molar-refractivity contribution is 0.548. The fourth-order valence-corrected chi connectivity index (χ4v) is 1.14. The molecule has 0 aliphatic heterocycles. The van der Waals surface area contributed by atoms with Gasteiger partial charge in [-0.3, -0.25) is 0 Å². The van der Waals surface area contributed by atoms with Crippen molar-refractivity contribution in [2.45, 2.75) is 13.0 Å². The molecule has 4 heteroatoms. The Morgan fingerprint density at radius 1 is 1.43 bits per heavy atom. The van der Waals surface area contributed by atoms with Gasteiger partial charge in [-0.1, -0.05) is 6.07 Å². The van der Waals surface area contributed by atoms with Gasteiger partial charge in [0.2, 0.25) is 0 Å². The Balaban J connectivity index is 2.84. The molecule has 14 heavy (non-hydrogen) atoms. The quantitative estimate of drug-likeness (QED) is 0.780. The summed E-state index contributed by atoms with van der Waals surface area (Å²) >= 11 is 0. The first-order valence-corrected chi connectivity index (χ1v) is 4.23. The number of hydrogen-bond donors (Lipinski definition) is 2. The highest BCUT2D eigenvalue weighted by molar-refractivity contribution is 5.21. The summed E-state index contributed by atoms with van der Waals surface area (Å²) < 4.78 is 25.8. The van der Waals surface area contributed by atoms with E-state index in [-0.39, 0.29) is 6.04 Å². The Morgan fingerprint density at radius 3 is 2.71 bits per heavy atom. The summed E-state index contributed by atoms with van der Waals surface area (Å²) in [5, 5.41) is 2.84. The number of hydrogen-bond acceptors (Lipinski definition) is 2. The van der Waals surface area contributed by atoms with E-state index in [9.17, 15) is 8.78 Å². The van der Waals surface area contributed by atoms with Crippen LogP contribution >= 0.6 is 0 Å². The van der Waals surface area contributed by atoms with E-state index in [4.69, 9.17) is 5.73 Å². The summed E-state index contributed by atoms with van der Waals surface area (Å²) in [6, 6.07) is 3.25. The SMILES string of the molecule is CC(N/C=C\N)c1ccc(F)cc1F. The van der Waals surface area contributed by atoms with Gasteiger partial charge in [-0.15, -0.1) is 0 Å². The maximum atomic E-state index is 13.2. The molecule has 0 aliphatic rings. The summed E-state index contributed by atoms with van der Waals surface area (Å²) in [6.45, 7) is 1.76. The highest BCUT2D eigenvalue weighted by Crippen LogP contribution is 2.17. The molecule has 0 saturated carbocycles. The smallest absolute Gasteiger partial charge is 0.131 e. The third kappa shape index (κ3) is 2.45. The normalized spacial score (nSPS) is 13.1.